The molecule has 0 aromatic heterocycles. The maximum Gasteiger partial charge on any atom is 0.244 e. The summed E-state index contributed by atoms with van der Waals surface area (Å²) in [4.78, 5) is 11.6. The minimum absolute atomic E-state index is 0.395. The van der Waals surface area contributed by atoms with Gasteiger partial charge in [0.1, 0.15) is 11.9 Å². The summed E-state index contributed by atoms with van der Waals surface area (Å²) >= 11 is 9.40. The minimum atomic E-state index is -0.836. The number of hydrogen-bond acceptors (Lipinski definition) is 2. The van der Waals surface area contributed by atoms with Crippen LogP contribution in [0.15, 0.2) is 46.9 Å². The number of halogens is 3. The van der Waals surface area contributed by atoms with E-state index in [2.05, 4.69) is 21.2 Å². The normalized spacial score (nSPS) is 11.9. The van der Waals surface area contributed by atoms with Gasteiger partial charge in [-0.2, -0.15) is 0 Å². The van der Waals surface area contributed by atoms with Crippen LogP contribution in [0.1, 0.15) is 11.6 Å². The molecular formula is C14H11BrClFN2O. The molecule has 0 aliphatic rings. The van der Waals surface area contributed by atoms with E-state index in [1.54, 1.807) is 30.3 Å². The summed E-state index contributed by atoms with van der Waals surface area (Å²) in [5.74, 6) is -1.00. The Morgan fingerprint density at radius 2 is 2.05 bits per heavy atom. The number of carbonyl (C=O) groups excluding carboxylic acids is 1. The molecule has 0 saturated heterocycles. The summed E-state index contributed by atoms with van der Waals surface area (Å²) in [6.07, 6.45) is 0. The molecule has 0 heterocycles. The van der Waals surface area contributed by atoms with E-state index in [9.17, 15) is 9.18 Å². The second kappa shape index (κ2) is 6.24. The van der Waals surface area contributed by atoms with E-state index in [4.69, 9.17) is 17.3 Å². The van der Waals surface area contributed by atoms with Gasteiger partial charge in [-0.25, -0.2) is 4.39 Å². The quantitative estimate of drug-likeness (QED) is 0.872. The Balaban J connectivity index is 2.34. The molecule has 1 atom stereocenters. The number of benzene rings is 2. The molecule has 2 aromatic rings. The van der Waals surface area contributed by atoms with Gasteiger partial charge in [0.25, 0.3) is 0 Å². The van der Waals surface area contributed by atoms with Gasteiger partial charge in [-0.15, -0.1) is 0 Å². The minimum Gasteiger partial charge on any atom is -0.370 e. The molecule has 1 unspecified atom stereocenters. The fraction of sp³-hybridized carbons (Fsp3) is 0.0714. The van der Waals surface area contributed by atoms with Gasteiger partial charge in [0, 0.05) is 20.7 Å². The van der Waals surface area contributed by atoms with Gasteiger partial charge in [0.05, 0.1) is 0 Å². The second-order valence-corrected chi connectivity index (χ2v) is 5.48. The summed E-state index contributed by atoms with van der Waals surface area (Å²) in [5, 5.41) is 3.28. The van der Waals surface area contributed by atoms with Gasteiger partial charge in [0.2, 0.25) is 5.91 Å². The fourth-order valence-electron chi connectivity index (χ4n) is 1.78. The van der Waals surface area contributed by atoms with Crippen LogP contribution < -0.4 is 11.1 Å². The zero-order chi connectivity index (χ0) is 14.7. The van der Waals surface area contributed by atoms with E-state index in [0.29, 0.717) is 16.3 Å². The third-order valence-electron chi connectivity index (χ3n) is 2.69. The number of hydrogen-bond donors (Lipinski definition) is 2. The Labute approximate surface area is 129 Å². The predicted molar refractivity (Wildman–Crippen MR) is 81.1 cm³/mol. The average molecular weight is 358 g/mol. The molecule has 0 radical (unpaired) electrons. The van der Waals surface area contributed by atoms with Crippen LogP contribution in [0, 0.1) is 5.82 Å². The van der Waals surface area contributed by atoms with Crippen molar-refractivity contribution >= 4 is 39.1 Å². The summed E-state index contributed by atoms with van der Waals surface area (Å²) in [6.45, 7) is 0. The van der Waals surface area contributed by atoms with Gasteiger partial charge in [-0.05, 0) is 30.3 Å². The number of carbonyl (C=O) groups is 1. The SMILES string of the molecule is NC(=O)C(Nc1cccc(F)c1)c1ccc(Br)cc1Cl. The van der Waals surface area contributed by atoms with E-state index < -0.39 is 17.8 Å². The molecule has 1 amide bonds. The van der Waals surface area contributed by atoms with Crippen molar-refractivity contribution in [2.75, 3.05) is 5.32 Å². The van der Waals surface area contributed by atoms with Crippen LogP contribution in [0.3, 0.4) is 0 Å². The van der Waals surface area contributed by atoms with Crippen LogP contribution in [0.4, 0.5) is 10.1 Å². The van der Waals surface area contributed by atoms with Crippen molar-refractivity contribution in [2.45, 2.75) is 6.04 Å². The first-order chi connectivity index (χ1) is 9.47. The highest BCUT2D eigenvalue weighted by Crippen LogP contribution is 2.29. The molecule has 6 heteroatoms. The first-order valence-electron chi connectivity index (χ1n) is 5.74. The summed E-state index contributed by atoms with van der Waals surface area (Å²) in [5.41, 5.74) is 6.38. The monoisotopic (exact) mass is 356 g/mol. The average Bonchev–Trinajstić information content (AvgIpc) is 2.36. The maximum atomic E-state index is 13.2. The van der Waals surface area contributed by atoms with E-state index in [0.717, 1.165) is 4.47 Å². The zero-order valence-electron chi connectivity index (χ0n) is 10.2. The third kappa shape index (κ3) is 3.49. The van der Waals surface area contributed by atoms with Gasteiger partial charge >= 0.3 is 0 Å². The Bertz CT molecular complexity index is 651. The smallest absolute Gasteiger partial charge is 0.244 e. The van der Waals surface area contributed by atoms with E-state index in [1.807, 2.05) is 0 Å². The molecular weight excluding hydrogens is 347 g/mol. The molecule has 104 valence electrons. The topological polar surface area (TPSA) is 55.1 Å². The molecule has 2 rings (SSSR count). The second-order valence-electron chi connectivity index (χ2n) is 4.16. The standard InChI is InChI=1S/C14H11BrClFN2O/c15-8-4-5-11(12(16)6-8)13(14(18)20)19-10-3-1-2-9(17)7-10/h1-7,13,19H,(H2,18,20). The lowest BCUT2D eigenvalue weighted by Gasteiger charge is -2.18. The Hall–Kier alpha value is -1.59. The predicted octanol–water partition coefficient (Wildman–Crippen LogP) is 3.88. The highest BCUT2D eigenvalue weighted by Gasteiger charge is 2.20. The number of nitrogens with one attached hydrogen (secondary N) is 1. The first kappa shape index (κ1) is 14.8. The molecule has 0 fully saturated rings. The molecule has 3 N–H and O–H groups in total. The lowest BCUT2D eigenvalue weighted by molar-refractivity contribution is -0.118. The van der Waals surface area contributed by atoms with Crippen LogP contribution in [-0.4, -0.2) is 5.91 Å². The molecule has 3 nitrogen and oxygen atoms in total. The van der Waals surface area contributed by atoms with Crippen molar-refractivity contribution in [3.8, 4) is 0 Å². The maximum absolute atomic E-state index is 13.2. The largest absolute Gasteiger partial charge is 0.370 e. The van der Waals surface area contributed by atoms with Gasteiger partial charge in [0.15, 0.2) is 0 Å². The van der Waals surface area contributed by atoms with Crippen molar-refractivity contribution in [3.63, 3.8) is 0 Å². The first-order valence-corrected chi connectivity index (χ1v) is 6.91. The summed E-state index contributed by atoms with van der Waals surface area (Å²) in [6, 6.07) is 10.1. The van der Waals surface area contributed by atoms with E-state index in [-0.39, 0.29) is 0 Å². The molecule has 0 bridgehead atoms. The third-order valence-corrected chi connectivity index (χ3v) is 3.51. The van der Waals surface area contributed by atoms with Gasteiger partial charge in [-0.1, -0.05) is 39.7 Å². The molecule has 2 aromatic carbocycles. The van der Waals surface area contributed by atoms with Crippen LogP contribution in [0.2, 0.25) is 5.02 Å². The molecule has 0 aliphatic heterocycles. The van der Waals surface area contributed by atoms with Crippen molar-refractivity contribution in [3.05, 3.63) is 63.3 Å². The van der Waals surface area contributed by atoms with E-state index >= 15 is 0 Å². The molecule has 20 heavy (non-hydrogen) atoms. The van der Waals surface area contributed by atoms with Gasteiger partial charge < -0.3 is 11.1 Å². The van der Waals surface area contributed by atoms with Crippen LogP contribution in [0.5, 0.6) is 0 Å². The Kier molecular flexibility index (Phi) is 4.62. The Morgan fingerprint density at radius 1 is 1.30 bits per heavy atom. The highest BCUT2D eigenvalue weighted by atomic mass is 79.9. The molecule has 0 saturated carbocycles. The van der Waals surface area contributed by atoms with Crippen molar-refractivity contribution < 1.29 is 9.18 Å². The summed E-state index contributed by atoms with van der Waals surface area (Å²) < 4.78 is 14.0. The number of nitrogens with two attached hydrogens (primary N) is 1. The van der Waals surface area contributed by atoms with Gasteiger partial charge in [-0.3, -0.25) is 4.79 Å². The Morgan fingerprint density at radius 3 is 2.65 bits per heavy atom. The lowest BCUT2D eigenvalue weighted by Crippen LogP contribution is -2.28. The number of primary amides is 1. The lowest BCUT2D eigenvalue weighted by atomic mass is 10.1. The zero-order valence-corrected chi connectivity index (χ0v) is 12.6. The highest BCUT2D eigenvalue weighted by molar-refractivity contribution is 9.10. The number of anilines is 1. The van der Waals surface area contributed by atoms with Crippen molar-refractivity contribution in [1.82, 2.24) is 0 Å². The fourth-order valence-corrected chi connectivity index (χ4v) is 2.57. The number of rotatable bonds is 4. The van der Waals surface area contributed by atoms with Crippen molar-refractivity contribution in [2.24, 2.45) is 5.73 Å². The summed E-state index contributed by atoms with van der Waals surface area (Å²) in [7, 11) is 0. The molecule has 0 spiro atoms. The van der Waals surface area contributed by atoms with Crippen LogP contribution >= 0.6 is 27.5 Å². The van der Waals surface area contributed by atoms with Crippen LogP contribution in [0.25, 0.3) is 0 Å². The molecule has 0 aliphatic carbocycles. The van der Waals surface area contributed by atoms with Crippen molar-refractivity contribution in [1.29, 1.82) is 0 Å². The van der Waals surface area contributed by atoms with Crippen LogP contribution in [-0.2, 0) is 4.79 Å². The number of amides is 1. The van der Waals surface area contributed by atoms with E-state index in [1.165, 1.54) is 12.1 Å².